The molecule has 0 unspecified atom stereocenters. The Hall–Kier alpha value is -1.82. The molecule has 2 amide bonds. The van der Waals surface area contributed by atoms with Crippen molar-refractivity contribution in [3.05, 3.63) is 24.2 Å². The molecule has 3 heterocycles. The summed E-state index contributed by atoms with van der Waals surface area (Å²) in [6.45, 7) is 5.16. The SMILES string of the molecule is CC[C@H](C)N(C)C(=O)[C@@H]1CCC2(CN(C(=O)c3ccco3)C2)O1. The van der Waals surface area contributed by atoms with Gasteiger partial charge < -0.3 is 19.0 Å². The van der Waals surface area contributed by atoms with Crippen molar-refractivity contribution in [2.45, 2.75) is 50.9 Å². The first kappa shape index (κ1) is 16.1. The number of rotatable bonds is 4. The molecule has 126 valence electrons. The maximum absolute atomic E-state index is 12.5. The van der Waals surface area contributed by atoms with Gasteiger partial charge in [0, 0.05) is 13.1 Å². The van der Waals surface area contributed by atoms with Crippen LogP contribution in [0, 0.1) is 0 Å². The monoisotopic (exact) mass is 320 g/mol. The Morgan fingerprint density at radius 3 is 2.83 bits per heavy atom. The molecular formula is C17H24N2O4. The molecule has 1 spiro atoms. The fourth-order valence-corrected chi connectivity index (χ4v) is 3.29. The number of likely N-dealkylation sites (N-methyl/N-ethyl adjacent to an activating group) is 1. The number of hydrogen-bond donors (Lipinski definition) is 0. The molecule has 0 saturated carbocycles. The van der Waals surface area contributed by atoms with E-state index < -0.39 is 0 Å². The van der Waals surface area contributed by atoms with E-state index in [1.807, 2.05) is 14.0 Å². The Morgan fingerprint density at radius 2 is 2.22 bits per heavy atom. The maximum atomic E-state index is 12.5. The van der Waals surface area contributed by atoms with Crippen LogP contribution in [0.25, 0.3) is 0 Å². The number of hydrogen-bond acceptors (Lipinski definition) is 4. The fraction of sp³-hybridized carbons (Fsp3) is 0.647. The average Bonchev–Trinajstić information content (AvgIpc) is 3.19. The summed E-state index contributed by atoms with van der Waals surface area (Å²) in [5, 5.41) is 0. The zero-order chi connectivity index (χ0) is 16.6. The van der Waals surface area contributed by atoms with Gasteiger partial charge in [-0.3, -0.25) is 9.59 Å². The third-order valence-corrected chi connectivity index (χ3v) is 5.11. The number of ether oxygens (including phenoxy) is 1. The number of amides is 2. The number of likely N-dealkylation sites (tertiary alicyclic amines) is 1. The van der Waals surface area contributed by atoms with Gasteiger partial charge in [0.05, 0.1) is 19.4 Å². The maximum Gasteiger partial charge on any atom is 0.289 e. The zero-order valence-electron chi connectivity index (χ0n) is 13.9. The van der Waals surface area contributed by atoms with Gasteiger partial charge in [-0.1, -0.05) is 6.92 Å². The van der Waals surface area contributed by atoms with E-state index in [4.69, 9.17) is 9.15 Å². The molecule has 0 aliphatic carbocycles. The molecule has 2 aliphatic heterocycles. The van der Waals surface area contributed by atoms with Gasteiger partial charge in [-0.25, -0.2) is 0 Å². The highest BCUT2D eigenvalue weighted by Crippen LogP contribution is 2.39. The number of carbonyl (C=O) groups excluding carboxylic acids is 2. The zero-order valence-corrected chi connectivity index (χ0v) is 13.9. The van der Waals surface area contributed by atoms with Crippen molar-refractivity contribution in [1.82, 2.24) is 9.80 Å². The van der Waals surface area contributed by atoms with Gasteiger partial charge >= 0.3 is 0 Å². The van der Waals surface area contributed by atoms with Crippen LogP contribution in [0.4, 0.5) is 0 Å². The van der Waals surface area contributed by atoms with Crippen LogP contribution in [-0.2, 0) is 9.53 Å². The summed E-state index contributed by atoms with van der Waals surface area (Å²) in [6, 6.07) is 3.57. The largest absolute Gasteiger partial charge is 0.459 e. The second-order valence-corrected chi connectivity index (χ2v) is 6.67. The van der Waals surface area contributed by atoms with Crippen LogP contribution in [0.2, 0.25) is 0 Å². The van der Waals surface area contributed by atoms with E-state index in [9.17, 15) is 9.59 Å². The number of nitrogens with zero attached hydrogens (tertiary/aromatic N) is 2. The highest BCUT2D eigenvalue weighted by atomic mass is 16.5. The summed E-state index contributed by atoms with van der Waals surface area (Å²) in [6.07, 6.45) is 3.58. The summed E-state index contributed by atoms with van der Waals surface area (Å²) in [5.41, 5.74) is -0.348. The first-order valence-corrected chi connectivity index (χ1v) is 8.23. The summed E-state index contributed by atoms with van der Waals surface area (Å²) in [7, 11) is 1.83. The average molecular weight is 320 g/mol. The second-order valence-electron chi connectivity index (χ2n) is 6.67. The summed E-state index contributed by atoms with van der Waals surface area (Å²) in [4.78, 5) is 28.1. The highest BCUT2D eigenvalue weighted by molar-refractivity contribution is 5.92. The minimum Gasteiger partial charge on any atom is -0.459 e. The standard InChI is InChI=1S/C17H24N2O4/c1-4-12(2)18(3)15(20)14-7-8-17(23-14)10-19(11-17)16(21)13-6-5-9-22-13/h5-6,9,12,14H,4,7-8,10-11H2,1-3H3/t12-,14-/m0/s1. The molecule has 0 radical (unpaired) electrons. The third kappa shape index (κ3) is 2.87. The van der Waals surface area contributed by atoms with Gasteiger partial charge in [0.1, 0.15) is 11.7 Å². The van der Waals surface area contributed by atoms with Crippen LogP contribution in [-0.4, -0.2) is 59.5 Å². The smallest absolute Gasteiger partial charge is 0.289 e. The summed E-state index contributed by atoms with van der Waals surface area (Å²) < 4.78 is 11.2. The van der Waals surface area contributed by atoms with Crippen molar-refractivity contribution >= 4 is 11.8 Å². The molecule has 2 aliphatic rings. The van der Waals surface area contributed by atoms with Crippen LogP contribution in [0.5, 0.6) is 0 Å². The minimum absolute atomic E-state index is 0.0482. The molecule has 2 atom stereocenters. The lowest BCUT2D eigenvalue weighted by Gasteiger charge is -2.47. The van der Waals surface area contributed by atoms with Gasteiger partial charge in [-0.05, 0) is 38.3 Å². The van der Waals surface area contributed by atoms with E-state index in [-0.39, 0.29) is 29.6 Å². The van der Waals surface area contributed by atoms with E-state index in [0.717, 1.165) is 19.3 Å². The molecule has 23 heavy (non-hydrogen) atoms. The van der Waals surface area contributed by atoms with E-state index in [0.29, 0.717) is 18.8 Å². The van der Waals surface area contributed by atoms with Crippen LogP contribution in [0.1, 0.15) is 43.7 Å². The quantitative estimate of drug-likeness (QED) is 0.850. The van der Waals surface area contributed by atoms with Crippen molar-refractivity contribution in [1.29, 1.82) is 0 Å². The van der Waals surface area contributed by atoms with E-state index in [1.54, 1.807) is 21.9 Å². The topological polar surface area (TPSA) is 63.0 Å². The molecule has 0 N–H and O–H groups in total. The van der Waals surface area contributed by atoms with Crippen molar-refractivity contribution in [3.8, 4) is 0 Å². The van der Waals surface area contributed by atoms with Gasteiger partial charge in [0.25, 0.3) is 11.8 Å². The van der Waals surface area contributed by atoms with E-state index >= 15 is 0 Å². The molecule has 2 fully saturated rings. The molecule has 6 heteroatoms. The molecule has 1 aromatic heterocycles. The summed E-state index contributed by atoms with van der Waals surface area (Å²) >= 11 is 0. The van der Waals surface area contributed by atoms with Crippen molar-refractivity contribution < 1.29 is 18.7 Å². The predicted octanol–water partition coefficient (Wildman–Crippen LogP) is 1.91. The molecule has 3 rings (SSSR count). The predicted molar refractivity (Wildman–Crippen MR) is 84.0 cm³/mol. The van der Waals surface area contributed by atoms with Crippen LogP contribution in [0.15, 0.2) is 22.8 Å². The lowest BCUT2D eigenvalue weighted by molar-refractivity contribution is -0.159. The molecule has 1 aromatic rings. The molecule has 6 nitrogen and oxygen atoms in total. The van der Waals surface area contributed by atoms with Crippen LogP contribution in [0.3, 0.4) is 0 Å². The Labute approximate surface area is 136 Å². The third-order valence-electron chi connectivity index (χ3n) is 5.11. The van der Waals surface area contributed by atoms with Gasteiger partial charge in [0.15, 0.2) is 5.76 Å². The van der Waals surface area contributed by atoms with Gasteiger partial charge in [0.2, 0.25) is 0 Å². The Bertz CT molecular complexity index is 577. The Morgan fingerprint density at radius 1 is 1.48 bits per heavy atom. The Kier molecular flexibility index (Phi) is 4.19. The van der Waals surface area contributed by atoms with Gasteiger partial charge in [-0.2, -0.15) is 0 Å². The van der Waals surface area contributed by atoms with Crippen molar-refractivity contribution in [3.63, 3.8) is 0 Å². The highest BCUT2D eigenvalue weighted by Gasteiger charge is 2.53. The fourth-order valence-electron chi connectivity index (χ4n) is 3.29. The molecule has 0 aromatic carbocycles. The second kappa shape index (κ2) is 6.00. The molecule has 2 saturated heterocycles. The van der Waals surface area contributed by atoms with Gasteiger partial charge in [-0.15, -0.1) is 0 Å². The first-order chi connectivity index (χ1) is 11.0. The van der Waals surface area contributed by atoms with Crippen molar-refractivity contribution in [2.75, 3.05) is 20.1 Å². The number of carbonyl (C=O) groups is 2. The van der Waals surface area contributed by atoms with Crippen molar-refractivity contribution in [2.24, 2.45) is 0 Å². The summed E-state index contributed by atoms with van der Waals surface area (Å²) in [5.74, 6) is 0.282. The lowest BCUT2D eigenvalue weighted by Crippen LogP contribution is -2.63. The van der Waals surface area contributed by atoms with Crippen LogP contribution < -0.4 is 0 Å². The normalized spacial score (nSPS) is 23.6. The van der Waals surface area contributed by atoms with E-state index in [2.05, 4.69) is 6.92 Å². The Balaban J connectivity index is 1.55. The lowest BCUT2D eigenvalue weighted by atomic mass is 9.90. The first-order valence-electron chi connectivity index (χ1n) is 8.23. The number of furan rings is 1. The molecule has 0 bridgehead atoms. The van der Waals surface area contributed by atoms with E-state index in [1.165, 1.54) is 6.26 Å². The van der Waals surface area contributed by atoms with Crippen LogP contribution >= 0.6 is 0 Å². The molecular weight excluding hydrogens is 296 g/mol. The minimum atomic E-state index is -0.380.